The fourth-order valence-electron chi connectivity index (χ4n) is 1.59. The van der Waals surface area contributed by atoms with E-state index in [9.17, 15) is 10.2 Å². The lowest BCUT2D eigenvalue weighted by Gasteiger charge is -2.10. The Morgan fingerprint density at radius 3 is 2.29 bits per heavy atom. The van der Waals surface area contributed by atoms with Crippen molar-refractivity contribution in [2.24, 2.45) is 0 Å². The summed E-state index contributed by atoms with van der Waals surface area (Å²) in [7, 11) is 0. The summed E-state index contributed by atoms with van der Waals surface area (Å²) in [6.07, 6.45) is 0. The standard InChI is InChI=1S/C10H3BrCl2N2O2/c11-4-5(13)2(12)1-3-6(4)15-8-7(14-3)9(16)10(8)17/h1,16-17H. The molecular weight excluding hydrogens is 331 g/mol. The number of aliphatic hydroxyl groups is 2. The van der Waals surface area contributed by atoms with Crippen molar-refractivity contribution in [1.29, 1.82) is 0 Å². The van der Waals surface area contributed by atoms with Crippen LogP contribution in [0.25, 0.3) is 22.6 Å². The molecular formula is C10H3BrCl2N2O2. The highest BCUT2D eigenvalue weighted by molar-refractivity contribution is 9.10. The van der Waals surface area contributed by atoms with E-state index in [2.05, 4.69) is 25.9 Å². The highest BCUT2D eigenvalue weighted by Crippen LogP contribution is 2.34. The number of hydrogen-bond acceptors (Lipinski definition) is 4. The molecule has 4 nitrogen and oxygen atoms in total. The van der Waals surface area contributed by atoms with Crippen LogP contribution in [0.15, 0.2) is 10.5 Å². The van der Waals surface area contributed by atoms with E-state index in [0.29, 0.717) is 25.6 Å². The number of hydrogen-bond donors (Lipinski definition) is 2. The highest BCUT2D eigenvalue weighted by Gasteiger charge is 2.21. The number of rotatable bonds is 0. The van der Waals surface area contributed by atoms with Crippen molar-refractivity contribution in [3.05, 3.63) is 31.3 Å². The summed E-state index contributed by atoms with van der Waals surface area (Å²) < 4.78 is 0.510. The van der Waals surface area contributed by atoms with Crippen molar-refractivity contribution < 1.29 is 10.2 Å². The van der Waals surface area contributed by atoms with Crippen molar-refractivity contribution in [3.8, 4) is 0 Å². The van der Waals surface area contributed by atoms with Gasteiger partial charge < -0.3 is 10.2 Å². The third-order valence-corrected chi connectivity index (χ3v) is 4.26. The zero-order valence-electron chi connectivity index (χ0n) is 8.00. The van der Waals surface area contributed by atoms with Crippen LogP contribution in [0.4, 0.5) is 0 Å². The minimum atomic E-state index is -0.257. The van der Waals surface area contributed by atoms with Gasteiger partial charge in [-0.25, -0.2) is 9.97 Å². The molecule has 7 heteroatoms. The third kappa shape index (κ3) is 1.36. The van der Waals surface area contributed by atoms with Gasteiger partial charge in [-0.2, -0.15) is 0 Å². The van der Waals surface area contributed by atoms with Gasteiger partial charge >= 0.3 is 0 Å². The van der Waals surface area contributed by atoms with Crippen LogP contribution in [0.5, 0.6) is 0 Å². The zero-order chi connectivity index (χ0) is 12.3. The molecule has 2 N–H and O–H groups in total. The summed E-state index contributed by atoms with van der Waals surface area (Å²) in [5.41, 5.74) is 0.973. The lowest BCUT2D eigenvalue weighted by molar-refractivity contribution is 0.429. The molecule has 1 aliphatic carbocycles. The quantitative estimate of drug-likeness (QED) is 0.724. The van der Waals surface area contributed by atoms with Gasteiger partial charge in [0.15, 0.2) is 11.5 Å². The SMILES string of the molecule is OC1=c2nc3cc(Cl)c(Cl)c(Br)c3nc2=C1O. The van der Waals surface area contributed by atoms with Gasteiger partial charge in [0.25, 0.3) is 0 Å². The number of fused-ring (bicyclic) bond motifs is 2. The monoisotopic (exact) mass is 332 g/mol. The van der Waals surface area contributed by atoms with Crippen LogP contribution in [0.1, 0.15) is 0 Å². The molecule has 1 aromatic carbocycles. The Balaban J connectivity index is 2.55. The highest BCUT2D eigenvalue weighted by atomic mass is 79.9. The van der Waals surface area contributed by atoms with Gasteiger partial charge in [0.05, 0.1) is 20.0 Å². The molecule has 0 saturated heterocycles. The van der Waals surface area contributed by atoms with E-state index < -0.39 is 0 Å². The molecule has 3 rings (SSSR count). The lowest BCUT2D eigenvalue weighted by atomic mass is 10.2. The summed E-state index contributed by atoms with van der Waals surface area (Å²) in [5.74, 6) is -0.510. The van der Waals surface area contributed by atoms with E-state index in [1.807, 2.05) is 0 Å². The Kier molecular flexibility index (Phi) is 2.26. The van der Waals surface area contributed by atoms with Crippen molar-refractivity contribution in [2.75, 3.05) is 0 Å². The first-order chi connectivity index (χ1) is 8.00. The van der Waals surface area contributed by atoms with Crippen LogP contribution in [-0.4, -0.2) is 20.2 Å². The van der Waals surface area contributed by atoms with Crippen LogP contribution >= 0.6 is 39.1 Å². The fourth-order valence-corrected chi connectivity index (χ4v) is 2.56. The van der Waals surface area contributed by atoms with Gasteiger partial charge in [0.1, 0.15) is 16.2 Å². The smallest absolute Gasteiger partial charge is 0.188 e. The molecule has 0 aliphatic heterocycles. The number of benzene rings is 1. The molecule has 0 bridgehead atoms. The van der Waals surface area contributed by atoms with Gasteiger partial charge in [-0.15, -0.1) is 0 Å². The Bertz CT molecular complexity index is 804. The van der Waals surface area contributed by atoms with E-state index in [1.54, 1.807) is 6.07 Å². The minimum absolute atomic E-state index is 0.253. The molecule has 0 atom stereocenters. The third-order valence-electron chi connectivity index (χ3n) is 2.47. The van der Waals surface area contributed by atoms with Crippen LogP contribution in [0.2, 0.25) is 10.0 Å². The van der Waals surface area contributed by atoms with Gasteiger partial charge in [0, 0.05) is 0 Å². The molecule has 0 saturated carbocycles. The second kappa shape index (κ2) is 3.48. The van der Waals surface area contributed by atoms with Crippen LogP contribution in [0, 0.1) is 0 Å². The van der Waals surface area contributed by atoms with Crippen molar-refractivity contribution in [3.63, 3.8) is 0 Å². The average Bonchev–Trinajstić information content (AvgIpc) is 2.34. The van der Waals surface area contributed by atoms with Gasteiger partial charge in [0.2, 0.25) is 0 Å². The molecule has 2 aromatic rings. The number of halogens is 3. The first-order valence-electron chi connectivity index (χ1n) is 4.49. The van der Waals surface area contributed by atoms with Crippen LogP contribution in [-0.2, 0) is 0 Å². The van der Waals surface area contributed by atoms with Crippen LogP contribution in [0.3, 0.4) is 0 Å². The predicted octanol–water partition coefficient (Wildman–Crippen LogP) is 2.05. The maximum absolute atomic E-state index is 9.40. The van der Waals surface area contributed by atoms with Crippen molar-refractivity contribution in [1.82, 2.24) is 9.97 Å². The van der Waals surface area contributed by atoms with Crippen LogP contribution < -0.4 is 10.7 Å². The van der Waals surface area contributed by atoms with E-state index in [1.165, 1.54) is 0 Å². The second-order valence-corrected chi connectivity index (χ2v) is 5.05. The van der Waals surface area contributed by atoms with Crippen molar-refractivity contribution >= 4 is 61.7 Å². The predicted molar refractivity (Wildman–Crippen MR) is 68.6 cm³/mol. The Morgan fingerprint density at radius 1 is 1.06 bits per heavy atom. The number of aromatic nitrogens is 2. The summed E-state index contributed by atoms with van der Waals surface area (Å²) in [4.78, 5) is 8.33. The molecule has 1 aromatic heterocycles. The summed E-state index contributed by atoms with van der Waals surface area (Å²) >= 11 is 15.1. The zero-order valence-corrected chi connectivity index (χ0v) is 11.1. The van der Waals surface area contributed by atoms with Gasteiger partial charge in [-0.05, 0) is 22.0 Å². The van der Waals surface area contributed by atoms with Gasteiger partial charge in [-0.1, -0.05) is 23.2 Å². The molecule has 86 valence electrons. The Morgan fingerprint density at radius 2 is 1.65 bits per heavy atom. The molecule has 0 amide bonds. The summed E-state index contributed by atoms with van der Waals surface area (Å²) in [6.45, 7) is 0. The topological polar surface area (TPSA) is 66.2 Å². The lowest BCUT2D eigenvalue weighted by Crippen LogP contribution is -2.43. The molecule has 1 aliphatic rings. The number of nitrogens with zero attached hydrogens (tertiary/aromatic N) is 2. The van der Waals surface area contributed by atoms with Crippen molar-refractivity contribution in [2.45, 2.75) is 0 Å². The Hall–Kier alpha value is -1.04. The van der Waals surface area contributed by atoms with E-state index >= 15 is 0 Å². The average molecular weight is 334 g/mol. The summed E-state index contributed by atoms with van der Waals surface area (Å²) in [6, 6.07) is 1.56. The van der Waals surface area contributed by atoms with E-state index in [0.717, 1.165) is 0 Å². The fraction of sp³-hybridized carbons (Fsp3) is 0. The molecule has 1 heterocycles. The van der Waals surface area contributed by atoms with E-state index in [4.69, 9.17) is 23.2 Å². The maximum atomic E-state index is 9.40. The second-order valence-electron chi connectivity index (χ2n) is 3.47. The first kappa shape index (κ1) is 11.1. The molecule has 0 unspecified atom stereocenters. The van der Waals surface area contributed by atoms with E-state index in [-0.39, 0.29) is 22.2 Å². The molecule has 17 heavy (non-hydrogen) atoms. The largest absolute Gasteiger partial charge is 0.503 e. The number of aliphatic hydroxyl groups excluding tert-OH is 2. The maximum Gasteiger partial charge on any atom is 0.188 e. The normalized spacial score (nSPS) is 13.8. The first-order valence-corrected chi connectivity index (χ1v) is 6.03. The summed E-state index contributed by atoms with van der Waals surface area (Å²) in [5, 5.41) is 20.0. The molecule has 0 radical (unpaired) electrons. The molecule has 0 spiro atoms. The van der Waals surface area contributed by atoms with Gasteiger partial charge in [-0.3, -0.25) is 0 Å². The minimum Gasteiger partial charge on any atom is -0.503 e. The Labute approximate surface area is 113 Å². The molecule has 0 fully saturated rings.